The molecule has 1 N–H and O–H groups in total. The highest BCUT2D eigenvalue weighted by molar-refractivity contribution is 5.29. The molecule has 0 amide bonds. The molecule has 3 heteroatoms. The van der Waals surface area contributed by atoms with Gasteiger partial charge in [0.2, 0.25) is 0 Å². The second kappa shape index (κ2) is 6.92. The van der Waals surface area contributed by atoms with Crippen molar-refractivity contribution < 1.29 is 4.74 Å². The maximum atomic E-state index is 5.52. The summed E-state index contributed by atoms with van der Waals surface area (Å²) in [6, 6.07) is 9.14. The van der Waals surface area contributed by atoms with Gasteiger partial charge in [-0.1, -0.05) is 26.0 Å². The van der Waals surface area contributed by atoms with Crippen molar-refractivity contribution in [3.8, 4) is 5.75 Å². The van der Waals surface area contributed by atoms with Crippen LogP contribution in [-0.2, 0) is 0 Å². The molecule has 0 aliphatic carbocycles. The molecule has 0 spiro atoms. The first-order valence-electron chi connectivity index (χ1n) is 7.40. The van der Waals surface area contributed by atoms with Gasteiger partial charge in [-0.15, -0.1) is 0 Å². The van der Waals surface area contributed by atoms with Crippen LogP contribution in [0.15, 0.2) is 24.3 Å². The number of benzene rings is 1. The lowest BCUT2D eigenvalue weighted by molar-refractivity contribution is 0.137. The Morgan fingerprint density at radius 3 is 2.32 bits per heavy atom. The number of rotatable bonds is 5. The van der Waals surface area contributed by atoms with Crippen LogP contribution in [0.2, 0.25) is 0 Å². The van der Waals surface area contributed by atoms with Crippen molar-refractivity contribution in [2.75, 3.05) is 32.8 Å². The summed E-state index contributed by atoms with van der Waals surface area (Å²) < 4.78 is 5.52. The first-order chi connectivity index (χ1) is 9.22. The lowest BCUT2D eigenvalue weighted by atomic mass is 9.94. The number of ether oxygens (including phenoxy) is 1. The summed E-state index contributed by atoms with van der Waals surface area (Å²) in [4.78, 5) is 2.59. The molecule has 1 aliphatic heterocycles. The first-order valence-corrected chi connectivity index (χ1v) is 7.40. The van der Waals surface area contributed by atoms with Crippen LogP contribution in [0.5, 0.6) is 5.75 Å². The van der Waals surface area contributed by atoms with Gasteiger partial charge in [-0.05, 0) is 30.5 Å². The highest BCUT2D eigenvalue weighted by atomic mass is 16.5. The molecule has 0 radical (unpaired) electrons. The van der Waals surface area contributed by atoms with Gasteiger partial charge in [-0.2, -0.15) is 0 Å². The molecule has 1 fully saturated rings. The monoisotopic (exact) mass is 262 g/mol. The highest BCUT2D eigenvalue weighted by Crippen LogP contribution is 2.29. The number of nitrogens with one attached hydrogen (secondary N) is 1. The van der Waals surface area contributed by atoms with E-state index in [9.17, 15) is 0 Å². The molecule has 106 valence electrons. The third kappa shape index (κ3) is 3.71. The van der Waals surface area contributed by atoms with Gasteiger partial charge >= 0.3 is 0 Å². The van der Waals surface area contributed by atoms with E-state index < -0.39 is 0 Å². The molecule has 19 heavy (non-hydrogen) atoms. The van der Waals surface area contributed by atoms with E-state index in [1.54, 1.807) is 0 Å². The summed E-state index contributed by atoms with van der Waals surface area (Å²) in [6.45, 7) is 11.8. The normalized spacial score (nSPS) is 18.5. The van der Waals surface area contributed by atoms with E-state index in [4.69, 9.17) is 4.74 Å². The predicted molar refractivity (Wildman–Crippen MR) is 79.6 cm³/mol. The molecule has 3 nitrogen and oxygen atoms in total. The van der Waals surface area contributed by atoms with E-state index in [1.165, 1.54) is 5.56 Å². The van der Waals surface area contributed by atoms with Crippen molar-refractivity contribution in [2.24, 2.45) is 5.92 Å². The van der Waals surface area contributed by atoms with Crippen LogP contribution in [0.25, 0.3) is 0 Å². The summed E-state index contributed by atoms with van der Waals surface area (Å²) in [5.41, 5.74) is 1.40. The molecule has 0 aromatic heterocycles. The molecule has 2 rings (SSSR count). The zero-order valence-corrected chi connectivity index (χ0v) is 12.4. The summed E-state index contributed by atoms with van der Waals surface area (Å²) >= 11 is 0. The molecule has 1 aromatic carbocycles. The molecule has 1 saturated heterocycles. The topological polar surface area (TPSA) is 24.5 Å². The smallest absolute Gasteiger partial charge is 0.119 e. The van der Waals surface area contributed by atoms with E-state index in [-0.39, 0.29) is 0 Å². The number of hydrogen-bond acceptors (Lipinski definition) is 3. The van der Waals surface area contributed by atoms with Crippen LogP contribution in [0.3, 0.4) is 0 Å². The van der Waals surface area contributed by atoms with Gasteiger partial charge in [0.15, 0.2) is 0 Å². The van der Waals surface area contributed by atoms with Crippen molar-refractivity contribution in [3.63, 3.8) is 0 Å². The van der Waals surface area contributed by atoms with Crippen molar-refractivity contribution in [2.45, 2.75) is 26.8 Å². The summed E-state index contributed by atoms with van der Waals surface area (Å²) in [6.07, 6.45) is 0. The molecule has 1 aliphatic rings. The van der Waals surface area contributed by atoms with Crippen molar-refractivity contribution in [1.29, 1.82) is 0 Å². The third-order valence-corrected chi connectivity index (χ3v) is 3.71. The quantitative estimate of drug-likeness (QED) is 0.883. The van der Waals surface area contributed by atoms with Crippen LogP contribution in [0.1, 0.15) is 32.4 Å². The zero-order chi connectivity index (χ0) is 13.7. The number of hydrogen-bond donors (Lipinski definition) is 1. The molecular weight excluding hydrogens is 236 g/mol. The van der Waals surface area contributed by atoms with E-state index in [1.807, 2.05) is 6.92 Å². The number of nitrogens with zero attached hydrogens (tertiary/aromatic N) is 1. The van der Waals surface area contributed by atoms with Gasteiger partial charge in [0, 0.05) is 32.2 Å². The largest absolute Gasteiger partial charge is 0.494 e. The minimum atomic E-state index is 0.512. The standard InChI is InChI=1S/C16H26N2O/c1-4-19-15-7-5-14(6-8-15)16(13(2)3)18-11-9-17-10-12-18/h5-8,13,16-17H,4,9-12H2,1-3H3. The Morgan fingerprint density at radius 1 is 1.16 bits per heavy atom. The van der Waals surface area contributed by atoms with E-state index in [0.717, 1.165) is 38.5 Å². The Bertz CT molecular complexity index is 369. The van der Waals surface area contributed by atoms with Crippen LogP contribution in [-0.4, -0.2) is 37.7 Å². The Kier molecular flexibility index (Phi) is 5.23. The van der Waals surface area contributed by atoms with Gasteiger partial charge < -0.3 is 10.1 Å². The van der Waals surface area contributed by atoms with Crippen molar-refractivity contribution in [3.05, 3.63) is 29.8 Å². The summed E-state index contributed by atoms with van der Waals surface area (Å²) in [5.74, 6) is 1.59. The second-order valence-electron chi connectivity index (χ2n) is 5.48. The van der Waals surface area contributed by atoms with E-state index in [0.29, 0.717) is 12.0 Å². The molecule has 1 unspecified atom stereocenters. The average Bonchev–Trinajstić information content (AvgIpc) is 2.42. The Hall–Kier alpha value is -1.06. The molecule has 1 heterocycles. The SMILES string of the molecule is CCOc1ccc(C(C(C)C)N2CCNCC2)cc1. The lowest BCUT2D eigenvalue weighted by Crippen LogP contribution is -2.46. The van der Waals surface area contributed by atoms with E-state index in [2.05, 4.69) is 48.3 Å². The molecular formula is C16H26N2O. The Balaban J connectivity index is 2.13. The lowest BCUT2D eigenvalue weighted by Gasteiger charge is -2.37. The summed E-state index contributed by atoms with van der Waals surface area (Å²) in [7, 11) is 0. The van der Waals surface area contributed by atoms with Gasteiger partial charge in [0.1, 0.15) is 5.75 Å². The van der Waals surface area contributed by atoms with Crippen LogP contribution < -0.4 is 10.1 Å². The molecule has 1 aromatic rings. The predicted octanol–water partition coefficient (Wildman–Crippen LogP) is 2.69. The fourth-order valence-corrected chi connectivity index (χ4v) is 2.91. The van der Waals surface area contributed by atoms with Crippen LogP contribution in [0, 0.1) is 5.92 Å². The van der Waals surface area contributed by atoms with Crippen LogP contribution in [0.4, 0.5) is 0 Å². The maximum absolute atomic E-state index is 5.52. The summed E-state index contributed by atoms with van der Waals surface area (Å²) in [5, 5.41) is 3.42. The maximum Gasteiger partial charge on any atom is 0.119 e. The number of piperazine rings is 1. The van der Waals surface area contributed by atoms with Gasteiger partial charge in [-0.25, -0.2) is 0 Å². The highest BCUT2D eigenvalue weighted by Gasteiger charge is 2.24. The second-order valence-corrected chi connectivity index (χ2v) is 5.48. The Labute approximate surface area is 116 Å². The van der Waals surface area contributed by atoms with Gasteiger partial charge in [0.25, 0.3) is 0 Å². The zero-order valence-electron chi connectivity index (χ0n) is 12.4. The third-order valence-electron chi connectivity index (χ3n) is 3.71. The minimum Gasteiger partial charge on any atom is -0.494 e. The van der Waals surface area contributed by atoms with E-state index >= 15 is 0 Å². The minimum absolute atomic E-state index is 0.512. The van der Waals surface area contributed by atoms with Gasteiger partial charge in [-0.3, -0.25) is 4.90 Å². The average molecular weight is 262 g/mol. The van der Waals surface area contributed by atoms with Crippen molar-refractivity contribution in [1.82, 2.24) is 10.2 Å². The Morgan fingerprint density at radius 2 is 1.79 bits per heavy atom. The fourth-order valence-electron chi connectivity index (χ4n) is 2.91. The molecule has 0 saturated carbocycles. The molecule has 0 bridgehead atoms. The van der Waals surface area contributed by atoms with Gasteiger partial charge in [0.05, 0.1) is 6.61 Å². The molecule has 1 atom stereocenters. The fraction of sp³-hybridized carbons (Fsp3) is 0.625. The van der Waals surface area contributed by atoms with Crippen molar-refractivity contribution >= 4 is 0 Å². The van der Waals surface area contributed by atoms with Crippen LogP contribution >= 0.6 is 0 Å². The first kappa shape index (κ1) is 14.4.